The van der Waals surface area contributed by atoms with Gasteiger partial charge in [0, 0.05) is 31.6 Å². The fraction of sp³-hybridized carbons (Fsp3) is 0.696. The molecule has 4 rings (SSSR count). The van der Waals surface area contributed by atoms with Gasteiger partial charge < -0.3 is 4.74 Å². The number of halogens is 1. The predicted octanol–water partition coefficient (Wildman–Crippen LogP) is 3.84. The van der Waals surface area contributed by atoms with Crippen LogP contribution in [0.4, 0.5) is 4.39 Å². The third-order valence-corrected chi connectivity index (χ3v) is 7.19. The maximum Gasteiger partial charge on any atom is 0.305 e. The monoisotopic (exact) mass is 388 g/mol. The molecule has 3 saturated heterocycles. The van der Waals surface area contributed by atoms with Crippen molar-refractivity contribution >= 4 is 5.97 Å². The van der Waals surface area contributed by atoms with Crippen LogP contribution in [0.1, 0.15) is 50.5 Å². The van der Waals surface area contributed by atoms with E-state index in [-0.39, 0.29) is 11.8 Å². The van der Waals surface area contributed by atoms with Crippen LogP contribution in [0.3, 0.4) is 0 Å². The highest BCUT2D eigenvalue weighted by atomic mass is 19.1. The van der Waals surface area contributed by atoms with E-state index in [4.69, 9.17) is 4.74 Å². The van der Waals surface area contributed by atoms with Crippen LogP contribution in [-0.4, -0.2) is 54.6 Å². The van der Waals surface area contributed by atoms with Crippen molar-refractivity contribution in [2.24, 2.45) is 11.8 Å². The zero-order valence-corrected chi connectivity index (χ0v) is 17.0. The van der Waals surface area contributed by atoms with Gasteiger partial charge in [-0.1, -0.05) is 12.1 Å². The molecule has 1 aromatic carbocycles. The van der Waals surface area contributed by atoms with Crippen LogP contribution in [0.25, 0.3) is 0 Å². The van der Waals surface area contributed by atoms with Crippen LogP contribution in [0.5, 0.6) is 0 Å². The largest absolute Gasteiger partial charge is 0.469 e. The lowest BCUT2D eigenvalue weighted by Crippen LogP contribution is -2.64. The Morgan fingerprint density at radius 2 is 1.93 bits per heavy atom. The Bertz CT molecular complexity index is 663. The standard InChI is InChI=1S/C23H33FN2O2/c1-28-22(27)8-2-7-21-20-6-4-14-25-13-3-5-18(23(20)25)16-26(21)15-17-9-11-19(24)12-10-17/h9-12,18,20-21,23H,2-8,13-16H2,1H3/t18-,20-,21-,23+/m1/s1. The van der Waals surface area contributed by atoms with Crippen LogP contribution < -0.4 is 0 Å². The molecule has 1 aromatic rings. The molecule has 5 heteroatoms. The van der Waals surface area contributed by atoms with E-state index in [1.54, 1.807) is 12.1 Å². The summed E-state index contributed by atoms with van der Waals surface area (Å²) in [5.41, 5.74) is 1.18. The maximum absolute atomic E-state index is 13.3. The van der Waals surface area contributed by atoms with E-state index < -0.39 is 0 Å². The summed E-state index contributed by atoms with van der Waals surface area (Å²) in [4.78, 5) is 17.0. The minimum Gasteiger partial charge on any atom is -0.469 e. The Labute approximate surface area is 168 Å². The fourth-order valence-electron chi connectivity index (χ4n) is 6.04. The second kappa shape index (κ2) is 8.91. The Morgan fingerprint density at radius 3 is 2.68 bits per heavy atom. The zero-order chi connectivity index (χ0) is 19.5. The lowest BCUT2D eigenvalue weighted by Gasteiger charge is -2.57. The Kier molecular flexibility index (Phi) is 6.32. The molecule has 0 aliphatic carbocycles. The van der Waals surface area contributed by atoms with E-state index in [2.05, 4.69) is 9.80 Å². The van der Waals surface area contributed by atoms with Gasteiger partial charge >= 0.3 is 5.97 Å². The van der Waals surface area contributed by atoms with Crippen LogP contribution >= 0.6 is 0 Å². The molecule has 0 spiro atoms. The molecule has 0 radical (unpaired) electrons. The molecule has 0 saturated carbocycles. The number of esters is 1. The molecule has 4 nitrogen and oxygen atoms in total. The molecule has 154 valence electrons. The molecule has 3 heterocycles. The molecular formula is C23H33FN2O2. The molecular weight excluding hydrogens is 355 g/mol. The number of carbonyl (C=O) groups is 1. The number of hydrogen-bond acceptors (Lipinski definition) is 4. The summed E-state index contributed by atoms with van der Waals surface area (Å²) >= 11 is 0. The van der Waals surface area contributed by atoms with E-state index >= 15 is 0 Å². The smallest absolute Gasteiger partial charge is 0.305 e. The first-order valence-electron chi connectivity index (χ1n) is 10.9. The summed E-state index contributed by atoms with van der Waals surface area (Å²) in [6.07, 6.45) is 7.63. The summed E-state index contributed by atoms with van der Waals surface area (Å²) < 4.78 is 18.2. The zero-order valence-electron chi connectivity index (χ0n) is 17.0. The van der Waals surface area contributed by atoms with Crippen molar-refractivity contribution in [3.8, 4) is 0 Å². The van der Waals surface area contributed by atoms with Crippen LogP contribution in [0.15, 0.2) is 24.3 Å². The normalized spacial score (nSPS) is 30.6. The number of likely N-dealkylation sites (tertiary alicyclic amines) is 1. The van der Waals surface area contributed by atoms with Crippen LogP contribution in [0, 0.1) is 17.7 Å². The first kappa shape index (κ1) is 19.8. The summed E-state index contributed by atoms with van der Waals surface area (Å²) in [5, 5.41) is 0. The summed E-state index contributed by atoms with van der Waals surface area (Å²) in [6, 6.07) is 8.18. The second-order valence-corrected chi connectivity index (χ2v) is 8.83. The molecule has 0 bridgehead atoms. The predicted molar refractivity (Wildman–Crippen MR) is 107 cm³/mol. The quantitative estimate of drug-likeness (QED) is 0.693. The Morgan fingerprint density at radius 1 is 1.18 bits per heavy atom. The van der Waals surface area contributed by atoms with Gasteiger partial charge in [0.1, 0.15) is 5.82 Å². The topological polar surface area (TPSA) is 32.8 Å². The highest BCUT2D eigenvalue weighted by Gasteiger charge is 2.48. The van der Waals surface area contributed by atoms with Crippen molar-refractivity contribution in [3.63, 3.8) is 0 Å². The van der Waals surface area contributed by atoms with E-state index in [0.29, 0.717) is 18.4 Å². The first-order valence-corrected chi connectivity index (χ1v) is 10.9. The number of nitrogens with zero attached hydrogens (tertiary/aromatic N) is 2. The van der Waals surface area contributed by atoms with Gasteiger partial charge in [0.05, 0.1) is 7.11 Å². The minimum atomic E-state index is -0.174. The third kappa shape index (κ3) is 4.25. The molecule has 0 unspecified atom stereocenters. The summed E-state index contributed by atoms with van der Waals surface area (Å²) in [7, 11) is 1.47. The van der Waals surface area contributed by atoms with Gasteiger partial charge in [0.15, 0.2) is 0 Å². The van der Waals surface area contributed by atoms with Gasteiger partial charge in [-0.3, -0.25) is 14.6 Å². The number of methoxy groups -OCH3 is 1. The van der Waals surface area contributed by atoms with Gasteiger partial charge in [0.25, 0.3) is 0 Å². The van der Waals surface area contributed by atoms with Crippen molar-refractivity contribution in [3.05, 3.63) is 35.6 Å². The van der Waals surface area contributed by atoms with Gasteiger partial charge in [-0.15, -0.1) is 0 Å². The number of rotatable bonds is 6. The van der Waals surface area contributed by atoms with Crippen molar-refractivity contribution in [1.29, 1.82) is 0 Å². The van der Waals surface area contributed by atoms with Crippen molar-refractivity contribution in [2.75, 3.05) is 26.7 Å². The number of piperidine rings is 3. The van der Waals surface area contributed by atoms with E-state index in [0.717, 1.165) is 37.9 Å². The first-order chi connectivity index (χ1) is 13.7. The number of ether oxygens (including phenoxy) is 1. The average Bonchev–Trinajstić information content (AvgIpc) is 2.72. The highest BCUT2D eigenvalue weighted by Crippen LogP contribution is 2.43. The summed E-state index contributed by atoms with van der Waals surface area (Å²) in [5.74, 6) is 1.15. The van der Waals surface area contributed by atoms with Crippen molar-refractivity contribution in [1.82, 2.24) is 9.80 Å². The van der Waals surface area contributed by atoms with Crippen molar-refractivity contribution in [2.45, 2.75) is 63.6 Å². The number of hydrogen-bond donors (Lipinski definition) is 0. The van der Waals surface area contributed by atoms with Gasteiger partial charge in [-0.05, 0) is 81.1 Å². The van der Waals surface area contributed by atoms with E-state index in [9.17, 15) is 9.18 Å². The number of carbonyl (C=O) groups excluding carboxylic acids is 1. The van der Waals surface area contributed by atoms with Gasteiger partial charge in [-0.25, -0.2) is 4.39 Å². The third-order valence-electron chi connectivity index (χ3n) is 7.19. The maximum atomic E-state index is 13.3. The Hall–Kier alpha value is -1.46. The number of benzene rings is 1. The molecule has 0 N–H and O–H groups in total. The van der Waals surface area contributed by atoms with E-state index in [1.165, 1.54) is 51.4 Å². The van der Waals surface area contributed by atoms with Crippen molar-refractivity contribution < 1.29 is 13.9 Å². The minimum absolute atomic E-state index is 0.110. The fourth-order valence-corrected chi connectivity index (χ4v) is 6.04. The molecule has 3 aliphatic rings. The lowest BCUT2D eigenvalue weighted by molar-refractivity contribution is -0.141. The molecule has 4 atom stereocenters. The molecule has 0 aromatic heterocycles. The molecule has 3 fully saturated rings. The second-order valence-electron chi connectivity index (χ2n) is 8.83. The SMILES string of the molecule is COC(=O)CCC[C@@H]1[C@H]2CCCN3CCC[C@H](CN1Cc1ccc(F)cc1)[C@@H]23. The average molecular weight is 389 g/mol. The van der Waals surface area contributed by atoms with Crippen LogP contribution in [-0.2, 0) is 16.1 Å². The van der Waals surface area contributed by atoms with E-state index in [1.807, 2.05) is 12.1 Å². The van der Waals surface area contributed by atoms with Gasteiger partial charge in [0.2, 0.25) is 0 Å². The highest BCUT2D eigenvalue weighted by molar-refractivity contribution is 5.68. The molecule has 0 amide bonds. The Balaban J connectivity index is 1.52. The van der Waals surface area contributed by atoms with Gasteiger partial charge in [-0.2, -0.15) is 0 Å². The molecule has 28 heavy (non-hydrogen) atoms. The lowest BCUT2D eigenvalue weighted by atomic mass is 9.69. The van der Waals surface area contributed by atoms with Crippen LogP contribution in [0.2, 0.25) is 0 Å². The summed E-state index contributed by atoms with van der Waals surface area (Å²) in [6.45, 7) is 4.51. The molecule has 3 aliphatic heterocycles.